The molecule has 10 nitrogen and oxygen atoms in total. The number of hydrogen-bond donors (Lipinski definition) is 0. The molecule has 0 aliphatic heterocycles. The van der Waals surface area contributed by atoms with Crippen LogP contribution in [0.3, 0.4) is 0 Å². The Labute approximate surface area is 207 Å². The molecular formula is C24H27N5O5S. The van der Waals surface area contributed by atoms with Gasteiger partial charge in [-0.2, -0.15) is 4.98 Å². The van der Waals surface area contributed by atoms with E-state index in [1.165, 1.54) is 11.8 Å². The molecule has 0 aliphatic carbocycles. The van der Waals surface area contributed by atoms with E-state index in [0.717, 1.165) is 17.0 Å². The molecular weight excluding hydrogens is 470 g/mol. The predicted octanol–water partition coefficient (Wildman–Crippen LogP) is 4.90. The molecule has 184 valence electrons. The lowest BCUT2D eigenvalue weighted by molar-refractivity contribution is 0.324. The number of hydrogen-bond acceptors (Lipinski definition) is 10. The van der Waals surface area contributed by atoms with Gasteiger partial charge in [0.05, 0.1) is 33.2 Å². The first-order chi connectivity index (χ1) is 17.0. The fourth-order valence-electron chi connectivity index (χ4n) is 3.52. The van der Waals surface area contributed by atoms with Gasteiger partial charge in [-0.25, -0.2) is 0 Å². The summed E-state index contributed by atoms with van der Waals surface area (Å²) < 4.78 is 29.5. The monoisotopic (exact) mass is 497 g/mol. The molecule has 2 aromatic heterocycles. The van der Waals surface area contributed by atoms with Crippen LogP contribution < -0.4 is 18.9 Å². The fourth-order valence-corrected chi connectivity index (χ4v) is 4.42. The minimum Gasteiger partial charge on any atom is -0.494 e. The zero-order valence-corrected chi connectivity index (χ0v) is 21.3. The second kappa shape index (κ2) is 10.7. The number of aromatic nitrogens is 5. The SMILES string of the molecule is CCOc1ccc(-n2c(SC(C)c3nc(C)no3)nnc2-c2cc(OC)c(OC)c(OC)c2)cc1. The summed E-state index contributed by atoms with van der Waals surface area (Å²) in [6, 6.07) is 11.4. The maximum atomic E-state index is 5.61. The molecule has 4 rings (SSSR count). The minimum absolute atomic E-state index is 0.144. The molecule has 0 radical (unpaired) electrons. The second-order valence-electron chi connectivity index (χ2n) is 7.42. The van der Waals surface area contributed by atoms with E-state index in [4.69, 9.17) is 23.5 Å². The molecule has 0 amide bonds. The van der Waals surface area contributed by atoms with Gasteiger partial charge in [0.15, 0.2) is 28.3 Å². The van der Waals surface area contributed by atoms with Crippen LogP contribution in [0, 0.1) is 6.92 Å². The molecule has 0 aliphatic rings. The number of ether oxygens (including phenoxy) is 4. The molecule has 0 spiro atoms. The number of nitrogens with zero attached hydrogens (tertiary/aromatic N) is 5. The van der Waals surface area contributed by atoms with E-state index >= 15 is 0 Å². The van der Waals surface area contributed by atoms with Crippen LogP contribution in [-0.4, -0.2) is 52.8 Å². The summed E-state index contributed by atoms with van der Waals surface area (Å²) in [5.74, 6) is 4.02. The van der Waals surface area contributed by atoms with Crippen LogP contribution in [0.5, 0.6) is 23.0 Å². The van der Waals surface area contributed by atoms with Gasteiger partial charge >= 0.3 is 0 Å². The number of thioether (sulfide) groups is 1. The van der Waals surface area contributed by atoms with Crippen molar-refractivity contribution in [2.24, 2.45) is 0 Å². The lowest BCUT2D eigenvalue weighted by atomic mass is 10.1. The number of aryl methyl sites for hydroxylation is 1. The van der Waals surface area contributed by atoms with Gasteiger partial charge in [0.25, 0.3) is 0 Å². The Kier molecular flexibility index (Phi) is 7.45. The highest BCUT2D eigenvalue weighted by Gasteiger charge is 2.24. The van der Waals surface area contributed by atoms with Gasteiger partial charge in [0.1, 0.15) is 5.75 Å². The van der Waals surface area contributed by atoms with Gasteiger partial charge in [0, 0.05) is 11.3 Å². The molecule has 2 heterocycles. The first kappa shape index (κ1) is 24.4. The zero-order chi connectivity index (χ0) is 24.9. The maximum Gasteiger partial charge on any atom is 0.239 e. The van der Waals surface area contributed by atoms with Crippen molar-refractivity contribution >= 4 is 11.8 Å². The summed E-state index contributed by atoms with van der Waals surface area (Å²) in [7, 11) is 4.72. The second-order valence-corrected chi connectivity index (χ2v) is 8.73. The van der Waals surface area contributed by atoms with E-state index in [1.807, 2.05) is 54.8 Å². The molecule has 0 fully saturated rings. The van der Waals surface area contributed by atoms with Gasteiger partial charge in [-0.05, 0) is 57.2 Å². The van der Waals surface area contributed by atoms with E-state index in [1.54, 1.807) is 28.3 Å². The molecule has 1 unspecified atom stereocenters. The fraction of sp³-hybridized carbons (Fsp3) is 0.333. The molecule has 2 aromatic carbocycles. The zero-order valence-electron chi connectivity index (χ0n) is 20.4. The average molecular weight is 498 g/mol. The van der Waals surface area contributed by atoms with Gasteiger partial charge in [-0.1, -0.05) is 16.9 Å². The van der Waals surface area contributed by atoms with Crippen LogP contribution in [0.1, 0.15) is 30.8 Å². The van der Waals surface area contributed by atoms with Crippen molar-refractivity contribution in [1.29, 1.82) is 0 Å². The summed E-state index contributed by atoms with van der Waals surface area (Å²) in [4.78, 5) is 4.35. The highest BCUT2D eigenvalue weighted by molar-refractivity contribution is 7.99. The molecule has 11 heteroatoms. The van der Waals surface area contributed by atoms with Crippen LogP contribution in [0.15, 0.2) is 46.1 Å². The van der Waals surface area contributed by atoms with Crippen molar-refractivity contribution in [2.75, 3.05) is 27.9 Å². The van der Waals surface area contributed by atoms with E-state index in [9.17, 15) is 0 Å². The van der Waals surface area contributed by atoms with E-state index in [0.29, 0.717) is 46.6 Å². The lowest BCUT2D eigenvalue weighted by Gasteiger charge is -2.16. The van der Waals surface area contributed by atoms with E-state index in [-0.39, 0.29) is 5.25 Å². The Morgan fingerprint density at radius 3 is 2.23 bits per heavy atom. The Hall–Kier alpha value is -3.73. The molecule has 0 saturated carbocycles. The maximum absolute atomic E-state index is 5.61. The summed E-state index contributed by atoms with van der Waals surface area (Å²) in [6.07, 6.45) is 0. The first-order valence-electron chi connectivity index (χ1n) is 10.9. The van der Waals surface area contributed by atoms with Crippen molar-refractivity contribution in [2.45, 2.75) is 31.2 Å². The highest BCUT2D eigenvalue weighted by Crippen LogP contribution is 2.42. The van der Waals surface area contributed by atoms with Crippen molar-refractivity contribution in [3.63, 3.8) is 0 Å². The Bertz CT molecular complexity index is 1260. The van der Waals surface area contributed by atoms with Gasteiger partial charge < -0.3 is 23.5 Å². The van der Waals surface area contributed by atoms with Crippen molar-refractivity contribution in [3.8, 4) is 40.1 Å². The van der Waals surface area contributed by atoms with Crippen LogP contribution in [0.2, 0.25) is 0 Å². The molecule has 0 N–H and O–H groups in total. The summed E-state index contributed by atoms with van der Waals surface area (Å²) in [5, 5.41) is 13.4. The molecule has 0 saturated heterocycles. The predicted molar refractivity (Wildman–Crippen MR) is 131 cm³/mol. The van der Waals surface area contributed by atoms with E-state index < -0.39 is 0 Å². The average Bonchev–Trinajstić information content (AvgIpc) is 3.50. The standard InChI is InChI=1S/C24H27N5O5S/c1-7-33-18-10-8-17(9-11-18)29-22(16-12-19(30-4)21(32-6)20(13-16)31-5)26-27-24(29)35-14(2)23-25-15(3)28-34-23/h8-14H,7H2,1-6H3. The molecule has 0 bridgehead atoms. The largest absolute Gasteiger partial charge is 0.494 e. The van der Waals surface area contributed by atoms with Crippen molar-refractivity contribution in [1.82, 2.24) is 24.9 Å². The lowest BCUT2D eigenvalue weighted by Crippen LogP contribution is -2.02. The molecule has 1 atom stereocenters. The number of rotatable bonds is 10. The summed E-state index contributed by atoms with van der Waals surface area (Å²) in [5.41, 5.74) is 1.60. The van der Waals surface area contributed by atoms with Gasteiger partial charge in [-0.15, -0.1) is 10.2 Å². The summed E-state index contributed by atoms with van der Waals surface area (Å²) in [6.45, 7) is 6.31. The Morgan fingerprint density at radius 2 is 1.69 bits per heavy atom. The van der Waals surface area contributed by atoms with Crippen LogP contribution in [0.25, 0.3) is 17.1 Å². The third-order valence-corrected chi connectivity index (χ3v) is 6.17. The smallest absolute Gasteiger partial charge is 0.239 e. The topological polar surface area (TPSA) is 107 Å². The van der Waals surface area contributed by atoms with Crippen LogP contribution in [0.4, 0.5) is 0 Å². The van der Waals surface area contributed by atoms with Gasteiger partial charge in [0.2, 0.25) is 11.6 Å². The quantitative estimate of drug-likeness (QED) is 0.281. The van der Waals surface area contributed by atoms with Crippen LogP contribution >= 0.6 is 11.8 Å². The number of methoxy groups -OCH3 is 3. The van der Waals surface area contributed by atoms with E-state index in [2.05, 4.69) is 20.3 Å². The number of benzene rings is 2. The normalized spacial score (nSPS) is 11.8. The third-order valence-electron chi connectivity index (χ3n) is 5.14. The van der Waals surface area contributed by atoms with Crippen molar-refractivity contribution < 1.29 is 23.5 Å². The Balaban J connectivity index is 1.83. The first-order valence-corrected chi connectivity index (χ1v) is 11.8. The molecule has 4 aromatic rings. The van der Waals surface area contributed by atoms with Crippen molar-refractivity contribution in [3.05, 3.63) is 48.1 Å². The van der Waals surface area contributed by atoms with Crippen LogP contribution in [-0.2, 0) is 0 Å². The highest BCUT2D eigenvalue weighted by atomic mass is 32.2. The summed E-state index contributed by atoms with van der Waals surface area (Å²) >= 11 is 1.46. The van der Waals surface area contributed by atoms with Gasteiger partial charge in [-0.3, -0.25) is 4.57 Å². The Morgan fingerprint density at radius 1 is 1.00 bits per heavy atom. The third kappa shape index (κ3) is 5.04. The minimum atomic E-state index is -0.144. The molecule has 35 heavy (non-hydrogen) atoms.